The zero-order valence-corrected chi connectivity index (χ0v) is 11.5. The molecule has 0 spiro atoms. The largest absolute Gasteiger partial charge is 0.334 e. The van der Waals surface area contributed by atoms with Crippen molar-refractivity contribution in [2.24, 2.45) is 0 Å². The van der Waals surface area contributed by atoms with E-state index in [4.69, 9.17) is 0 Å². The maximum absolute atomic E-state index is 12.2. The standard InChI is InChI=1S/C13H24N2O2/c1-5-15(13(2,3)4)12(17)11(16)14-9-7-6-8-10-14/h5-10H2,1-4H3. The fourth-order valence-electron chi connectivity index (χ4n) is 2.27. The minimum absolute atomic E-state index is 0.294. The Morgan fingerprint density at radius 2 is 1.65 bits per heavy atom. The van der Waals surface area contributed by atoms with E-state index in [1.165, 1.54) is 0 Å². The van der Waals surface area contributed by atoms with Crippen molar-refractivity contribution < 1.29 is 9.59 Å². The molecule has 1 saturated heterocycles. The Morgan fingerprint density at radius 3 is 2.06 bits per heavy atom. The first kappa shape index (κ1) is 14.0. The average Bonchev–Trinajstić information content (AvgIpc) is 2.28. The van der Waals surface area contributed by atoms with E-state index in [-0.39, 0.29) is 17.4 Å². The summed E-state index contributed by atoms with van der Waals surface area (Å²) in [5.74, 6) is -0.691. The lowest BCUT2D eigenvalue weighted by atomic mass is 10.1. The van der Waals surface area contributed by atoms with E-state index in [0.29, 0.717) is 6.54 Å². The van der Waals surface area contributed by atoms with Crippen molar-refractivity contribution in [3.05, 3.63) is 0 Å². The van der Waals surface area contributed by atoms with Crippen molar-refractivity contribution in [1.82, 2.24) is 9.80 Å². The van der Waals surface area contributed by atoms with Crippen LogP contribution in [-0.4, -0.2) is 46.8 Å². The molecule has 1 aliphatic heterocycles. The van der Waals surface area contributed by atoms with Crippen LogP contribution in [0.25, 0.3) is 0 Å². The van der Waals surface area contributed by atoms with Gasteiger partial charge in [0.1, 0.15) is 0 Å². The Labute approximate surface area is 104 Å². The fraction of sp³-hybridized carbons (Fsp3) is 0.846. The van der Waals surface area contributed by atoms with Gasteiger partial charge in [0, 0.05) is 25.2 Å². The molecule has 0 N–H and O–H groups in total. The van der Waals surface area contributed by atoms with Crippen LogP contribution in [0.1, 0.15) is 47.0 Å². The second-order valence-corrected chi connectivity index (χ2v) is 5.57. The summed E-state index contributed by atoms with van der Waals surface area (Å²) >= 11 is 0. The molecule has 0 aliphatic carbocycles. The molecule has 0 atom stereocenters. The normalized spacial score (nSPS) is 16.8. The second-order valence-electron chi connectivity index (χ2n) is 5.57. The lowest BCUT2D eigenvalue weighted by Crippen LogP contribution is -2.53. The van der Waals surface area contributed by atoms with Gasteiger partial charge >= 0.3 is 11.8 Å². The predicted molar refractivity (Wildman–Crippen MR) is 67.6 cm³/mol. The number of hydrogen-bond donors (Lipinski definition) is 0. The first-order valence-electron chi connectivity index (χ1n) is 6.48. The van der Waals surface area contributed by atoms with Gasteiger partial charge < -0.3 is 9.80 Å². The Balaban J connectivity index is 2.70. The van der Waals surface area contributed by atoms with E-state index in [9.17, 15) is 9.59 Å². The number of amides is 2. The summed E-state index contributed by atoms with van der Waals surface area (Å²) in [5, 5.41) is 0. The number of likely N-dealkylation sites (tertiary alicyclic amines) is 1. The number of hydrogen-bond acceptors (Lipinski definition) is 2. The van der Waals surface area contributed by atoms with Crippen LogP contribution in [0.5, 0.6) is 0 Å². The summed E-state index contributed by atoms with van der Waals surface area (Å²) in [5.41, 5.74) is -0.294. The van der Waals surface area contributed by atoms with E-state index in [1.54, 1.807) is 9.80 Å². The van der Waals surface area contributed by atoms with Crippen molar-refractivity contribution in [2.45, 2.75) is 52.5 Å². The van der Waals surface area contributed by atoms with Crippen molar-refractivity contribution in [1.29, 1.82) is 0 Å². The van der Waals surface area contributed by atoms with Crippen LogP contribution in [0.2, 0.25) is 0 Å². The van der Waals surface area contributed by atoms with Crippen molar-refractivity contribution >= 4 is 11.8 Å². The predicted octanol–water partition coefficient (Wildman–Crippen LogP) is 1.65. The zero-order valence-electron chi connectivity index (χ0n) is 11.5. The third-order valence-corrected chi connectivity index (χ3v) is 3.20. The van der Waals surface area contributed by atoms with Crippen molar-refractivity contribution in [3.63, 3.8) is 0 Å². The molecule has 0 unspecified atom stereocenters. The van der Waals surface area contributed by atoms with Crippen LogP contribution in [0.15, 0.2) is 0 Å². The number of piperidine rings is 1. The van der Waals surface area contributed by atoms with Crippen molar-refractivity contribution in [2.75, 3.05) is 19.6 Å². The Morgan fingerprint density at radius 1 is 1.12 bits per heavy atom. The van der Waals surface area contributed by atoms with Gasteiger partial charge in [0.05, 0.1) is 0 Å². The first-order chi connectivity index (χ1) is 7.88. The minimum Gasteiger partial charge on any atom is -0.334 e. The smallest absolute Gasteiger partial charge is 0.312 e. The van der Waals surface area contributed by atoms with E-state index in [0.717, 1.165) is 32.4 Å². The van der Waals surface area contributed by atoms with E-state index >= 15 is 0 Å². The molecule has 0 radical (unpaired) electrons. The summed E-state index contributed by atoms with van der Waals surface area (Å²) in [6.45, 7) is 9.81. The van der Waals surface area contributed by atoms with Gasteiger partial charge in [0.15, 0.2) is 0 Å². The molecule has 0 aromatic rings. The van der Waals surface area contributed by atoms with E-state index < -0.39 is 0 Å². The highest BCUT2D eigenvalue weighted by molar-refractivity contribution is 6.35. The van der Waals surface area contributed by atoms with Crippen LogP contribution >= 0.6 is 0 Å². The number of carbonyl (C=O) groups is 2. The van der Waals surface area contributed by atoms with Gasteiger partial charge in [-0.1, -0.05) is 0 Å². The molecule has 0 saturated carbocycles. The summed E-state index contributed by atoms with van der Waals surface area (Å²) in [6, 6.07) is 0. The molecule has 1 rings (SSSR count). The molecule has 2 amide bonds. The topological polar surface area (TPSA) is 40.6 Å². The summed E-state index contributed by atoms with van der Waals surface area (Å²) in [7, 11) is 0. The van der Waals surface area contributed by atoms with Gasteiger partial charge in [0.25, 0.3) is 0 Å². The Bertz CT molecular complexity index is 288. The highest BCUT2D eigenvalue weighted by Crippen LogP contribution is 2.15. The lowest BCUT2D eigenvalue weighted by molar-refractivity contribution is -0.155. The second kappa shape index (κ2) is 5.52. The monoisotopic (exact) mass is 240 g/mol. The summed E-state index contributed by atoms with van der Waals surface area (Å²) < 4.78 is 0. The number of likely N-dealkylation sites (N-methyl/N-ethyl adjacent to an activating group) is 1. The third kappa shape index (κ3) is 3.45. The Kier molecular flexibility index (Phi) is 4.54. The highest BCUT2D eigenvalue weighted by atomic mass is 16.2. The molecule has 17 heavy (non-hydrogen) atoms. The minimum atomic E-state index is -0.359. The van der Waals surface area contributed by atoms with Gasteiger partial charge in [-0.05, 0) is 47.0 Å². The molecule has 1 heterocycles. The zero-order chi connectivity index (χ0) is 13.1. The maximum Gasteiger partial charge on any atom is 0.312 e. The number of rotatable bonds is 1. The van der Waals surface area contributed by atoms with Gasteiger partial charge in [-0.3, -0.25) is 9.59 Å². The molecular formula is C13H24N2O2. The molecule has 0 aromatic carbocycles. The quantitative estimate of drug-likeness (QED) is 0.654. The first-order valence-corrected chi connectivity index (χ1v) is 6.48. The molecule has 4 heteroatoms. The van der Waals surface area contributed by atoms with E-state index in [2.05, 4.69) is 0 Å². The van der Waals surface area contributed by atoms with Gasteiger partial charge in [-0.25, -0.2) is 0 Å². The number of carbonyl (C=O) groups excluding carboxylic acids is 2. The van der Waals surface area contributed by atoms with Gasteiger partial charge in [0.2, 0.25) is 0 Å². The van der Waals surface area contributed by atoms with Crippen LogP contribution in [0.3, 0.4) is 0 Å². The van der Waals surface area contributed by atoms with Gasteiger partial charge in [-0.2, -0.15) is 0 Å². The molecule has 1 aliphatic rings. The SMILES string of the molecule is CCN(C(=O)C(=O)N1CCCCC1)C(C)(C)C. The molecule has 0 bridgehead atoms. The molecular weight excluding hydrogens is 216 g/mol. The maximum atomic E-state index is 12.2. The van der Waals surface area contributed by atoms with Crippen LogP contribution < -0.4 is 0 Å². The molecule has 1 fully saturated rings. The highest BCUT2D eigenvalue weighted by Gasteiger charge is 2.32. The average molecular weight is 240 g/mol. The molecule has 0 aromatic heterocycles. The van der Waals surface area contributed by atoms with Crippen LogP contribution in [0, 0.1) is 0 Å². The van der Waals surface area contributed by atoms with Gasteiger partial charge in [-0.15, -0.1) is 0 Å². The molecule has 4 nitrogen and oxygen atoms in total. The number of nitrogens with zero attached hydrogens (tertiary/aromatic N) is 2. The Hall–Kier alpha value is -1.06. The fourth-order valence-corrected chi connectivity index (χ4v) is 2.27. The molecule has 98 valence electrons. The lowest BCUT2D eigenvalue weighted by Gasteiger charge is -2.36. The van der Waals surface area contributed by atoms with E-state index in [1.807, 2.05) is 27.7 Å². The third-order valence-electron chi connectivity index (χ3n) is 3.20. The van der Waals surface area contributed by atoms with Crippen LogP contribution in [-0.2, 0) is 9.59 Å². The van der Waals surface area contributed by atoms with Crippen molar-refractivity contribution in [3.8, 4) is 0 Å². The summed E-state index contributed by atoms with van der Waals surface area (Å²) in [4.78, 5) is 27.6. The van der Waals surface area contributed by atoms with Crippen LogP contribution in [0.4, 0.5) is 0 Å². The summed E-state index contributed by atoms with van der Waals surface area (Å²) in [6.07, 6.45) is 3.19.